The first-order chi connectivity index (χ1) is 11.2. The van der Waals surface area contributed by atoms with Crippen LogP contribution >= 0.6 is 0 Å². The quantitative estimate of drug-likeness (QED) is 0.436. The van der Waals surface area contributed by atoms with Crippen LogP contribution in [-0.2, 0) is 17.3 Å². The number of imidazole rings is 1. The molecule has 1 heterocycles. The summed E-state index contributed by atoms with van der Waals surface area (Å²) in [6.07, 6.45) is 9.71. The second-order valence-electron chi connectivity index (χ2n) is 8.95. The molecule has 0 aliphatic carbocycles. The summed E-state index contributed by atoms with van der Waals surface area (Å²) in [4.78, 5) is 8.92. The fourth-order valence-corrected chi connectivity index (χ4v) is 3.62. The Hall–Kier alpha value is -0.790. The third-order valence-electron chi connectivity index (χ3n) is 5.91. The van der Waals surface area contributed by atoms with Gasteiger partial charge in [-0.25, -0.2) is 4.98 Å². The molecule has 1 aromatic rings. The number of nitrogens with one attached hydrogen (secondary N) is 1. The Balaban J connectivity index is 3.07. The molecule has 1 aromatic heterocycles. The third kappa shape index (κ3) is 5.36. The number of aromatic amines is 1. The summed E-state index contributed by atoms with van der Waals surface area (Å²) in [5.74, 6) is 2.02. The molecule has 0 spiro atoms. The van der Waals surface area contributed by atoms with E-state index < -0.39 is 0 Å². The molecule has 1 N–H and O–H groups in total. The lowest BCUT2D eigenvalue weighted by Gasteiger charge is -2.26. The van der Waals surface area contributed by atoms with Crippen molar-refractivity contribution in [3.63, 3.8) is 0 Å². The van der Waals surface area contributed by atoms with Gasteiger partial charge in [0.05, 0.1) is 5.69 Å². The van der Waals surface area contributed by atoms with Crippen molar-refractivity contribution in [2.45, 2.75) is 118 Å². The van der Waals surface area contributed by atoms with Gasteiger partial charge in [0.25, 0.3) is 0 Å². The molecule has 0 bridgehead atoms. The van der Waals surface area contributed by atoms with E-state index >= 15 is 0 Å². The average molecular weight is 335 g/mol. The lowest BCUT2D eigenvalue weighted by atomic mass is 9.82. The summed E-state index contributed by atoms with van der Waals surface area (Å²) in [6, 6.07) is 0. The van der Waals surface area contributed by atoms with Crippen LogP contribution in [0.2, 0.25) is 0 Å². The Morgan fingerprint density at radius 2 is 1.62 bits per heavy atom. The van der Waals surface area contributed by atoms with Gasteiger partial charge in [-0.3, -0.25) is 0 Å². The Morgan fingerprint density at radius 1 is 1.00 bits per heavy atom. The number of H-pyrrole nitrogens is 1. The highest BCUT2D eigenvalue weighted by Gasteiger charge is 2.31. The van der Waals surface area contributed by atoms with Gasteiger partial charge in [0.1, 0.15) is 5.82 Å². The van der Waals surface area contributed by atoms with E-state index in [1.165, 1.54) is 49.3 Å². The fourth-order valence-electron chi connectivity index (χ4n) is 3.62. The Kier molecular flexibility index (Phi) is 8.02. The number of hydrogen-bond donors (Lipinski definition) is 1. The Labute approximate surface area is 151 Å². The largest absolute Gasteiger partial charge is 0.345 e. The lowest BCUT2D eigenvalue weighted by Crippen LogP contribution is -2.23. The highest BCUT2D eigenvalue weighted by atomic mass is 15.0. The van der Waals surface area contributed by atoms with E-state index in [2.05, 4.69) is 60.4 Å². The summed E-state index contributed by atoms with van der Waals surface area (Å²) >= 11 is 0. The molecule has 0 aliphatic heterocycles. The van der Waals surface area contributed by atoms with E-state index in [9.17, 15) is 0 Å². The fraction of sp³-hybridized carbons (Fsp3) is 0.864. The van der Waals surface area contributed by atoms with Gasteiger partial charge in [0.15, 0.2) is 0 Å². The molecule has 0 aromatic carbocycles. The van der Waals surface area contributed by atoms with Gasteiger partial charge in [0.2, 0.25) is 0 Å². The van der Waals surface area contributed by atoms with Gasteiger partial charge >= 0.3 is 0 Å². The van der Waals surface area contributed by atoms with Crippen molar-refractivity contribution in [1.29, 1.82) is 0 Å². The molecule has 0 saturated carbocycles. The number of aromatic nitrogens is 2. The van der Waals surface area contributed by atoms with Crippen LogP contribution in [0.25, 0.3) is 0 Å². The Morgan fingerprint density at radius 3 is 2.12 bits per heavy atom. The van der Waals surface area contributed by atoms with E-state index in [4.69, 9.17) is 4.98 Å². The van der Waals surface area contributed by atoms with Crippen molar-refractivity contribution in [2.75, 3.05) is 0 Å². The number of rotatable bonds is 11. The van der Waals surface area contributed by atoms with E-state index in [-0.39, 0.29) is 10.8 Å². The zero-order chi connectivity index (χ0) is 18.4. The lowest BCUT2D eigenvalue weighted by molar-refractivity contribution is 0.409. The molecule has 24 heavy (non-hydrogen) atoms. The van der Waals surface area contributed by atoms with Crippen molar-refractivity contribution < 1.29 is 0 Å². The molecule has 0 unspecified atom stereocenters. The zero-order valence-electron chi connectivity index (χ0n) is 17.7. The van der Waals surface area contributed by atoms with Crippen molar-refractivity contribution in [2.24, 2.45) is 5.92 Å². The number of nitrogens with zero attached hydrogens (tertiary/aromatic N) is 1. The highest BCUT2D eigenvalue weighted by Crippen LogP contribution is 2.35. The van der Waals surface area contributed by atoms with E-state index in [1.54, 1.807) is 0 Å². The standard InChI is InChI=1S/C22H42N2/c1-9-16-21(6,7)19-18(15-13-12-14-17(4)5)23-20(24-19)22(8,10-2)11-3/h17H,9-16H2,1-8H3,(H,23,24). The molecule has 2 heteroatoms. The van der Waals surface area contributed by atoms with Gasteiger partial charge < -0.3 is 4.98 Å². The van der Waals surface area contributed by atoms with Crippen molar-refractivity contribution in [3.05, 3.63) is 17.2 Å². The first-order valence-electron chi connectivity index (χ1n) is 10.3. The minimum atomic E-state index is 0.174. The normalized spacial score (nSPS) is 13.0. The maximum atomic E-state index is 5.13. The van der Waals surface area contributed by atoms with E-state index in [0.717, 1.165) is 25.2 Å². The van der Waals surface area contributed by atoms with Gasteiger partial charge in [-0.05, 0) is 38.0 Å². The molecule has 2 nitrogen and oxygen atoms in total. The summed E-state index contributed by atoms with van der Waals surface area (Å²) in [6.45, 7) is 18.6. The second-order valence-corrected chi connectivity index (χ2v) is 8.95. The van der Waals surface area contributed by atoms with Crippen LogP contribution in [0.15, 0.2) is 0 Å². The topological polar surface area (TPSA) is 28.7 Å². The molecule has 0 saturated heterocycles. The van der Waals surface area contributed by atoms with Crippen LogP contribution in [0.4, 0.5) is 0 Å². The molecule has 1 rings (SSSR count). The Bertz CT molecular complexity index is 478. The molecular formula is C22H42N2. The summed E-state index contributed by atoms with van der Waals surface area (Å²) in [5, 5.41) is 0. The number of hydrogen-bond acceptors (Lipinski definition) is 1. The van der Waals surface area contributed by atoms with Crippen molar-refractivity contribution >= 4 is 0 Å². The predicted molar refractivity (Wildman–Crippen MR) is 107 cm³/mol. The smallest absolute Gasteiger partial charge is 0.112 e. The van der Waals surface area contributed by atoms with Crippen LogP contribution in [0.3, 0.4) is 0 Å². The van der Waals surface area contributed by atoms with Crippen LogP contribution in [0.5, 0.6) is 0 Å². The molecule has 0 atom stereocenters. The zero-order valence-corrected chi connectivity index (χ0v) is 17.7. The predicted octanol–water partition coefficient (Wildman–Crippen LogP) is 6.93. The van der Waals surface area contributed by atoms with Gasteiger partial charge in [-0.2, -0.15) is 0 Å². The van der Waals surface area contributed by atoms with Crippen molar-refractivity contribution in [1.82, 2.24) is 9.97 Å². The first kappa shape index (κ1) is 21.3. The molecule has 0 fully saturated rings. The van der Waals surface area contributed by atoms with E-state index in [0.29, 0.717) is 0 Å². The average Bonchev–Trinajstić information content (AvgIpc) is 2.96. The summed E-state index contributed by atoms with van der Waals surface area (Å²) in [7, 11) is 0. The van der Waals surface area contributed by atoms with Crippen molar-refractivity contribution in [3.8, 4) is 0 Å². The van der Waals surface area contributed by atoms with E-state index in [1.807, 2.05) is 0 Å². The second kappa shape index (κ2) is 9.06. The maximum Gasteiger partial charge on any atom is 0.112 e. The molecule has 0 aliphatic rings. The SMILES string of the molecule is CCCC(C)(C)c1[nH]c(C(C)(CC)CC)nc1CCCCC(C)C. The molecular weight excluding hydrogens is 292 g/mol. The third-order valence-corrected chi connectivity index (χ3v) is 5.91. The summed E-state index contributed by atoms with van der Waals surface area (Å²) in [5.41, 5.74) is 3.10. The van der Waals surface area contributed by atoms with Crippen LogP contribution in [-0.4, -0.2) is 9.97 Å². The number of unbranched alkanes of at least 4 members (excludes halogenated alkanes) is 1. The summed E-state index contributed by atoms with van der Waals surface area (Å²) < 4.78 is 0. The van der Waals surface area contributed by atoms with Crippen LogP contribution < -0.4 is 0 Å². The minimum Gasteiger partial charge on any atom is -0.345 e. The van der Waals surface area contributed by atoms with Gasteiger partial charge in [-0.1, -0.05) is 74.7 Å². The first-order valence-corrected chi connectivity index (χ1v) is 10.3. The molecule has 140 valence electrons. The molecule has 0 amide bonds. The van der Waals surface area contributed by atoms with Crippen LogP contribution in [0, 0.1) is 5.92 Å². The molecule has 0 radical (unpaired) electrons. The maximum absolute atomic E-state index is 5.13. The minimum absolute atomic E-state index is 0.174. The van der Waals surface area contributed by atoms with Gasteiger partial charge in [-0.15, -0.1) is 0 Å². The van der Waals surface area contributed by atoms with Crippen LogP contribution in [0.1, 0.15) is 118 Å². The highest BCUT2D eigenvalue weighted by molar-refractivity contribution is 5.26. The monoisotopic (exact) mass is 334 g/mol. The number of aryl methyl sites for hydroxylation is 1. The van der Waals surface area contributed by atoms with Gasteiger partial charge in [0, 0.05) is 16.5 Å².